The van der Waals surface area contributed by atoms with E-state index in [0.717, 1.165) is 0 Å². The van der Waals surface area contributed by atoms with E-state index in [-0.39, 0.29) is 12.2 Å². The van der Waals surface area contributed by atoms with E-state index >= 15 is 0 Å². The number of nitro groups is 1. The van der Waals surface area contributed by atoms with Crippen LogP contribution in [0.25, 0.3) is 0 Å². The van der Waals surface area contributed by atoms with Gasteiger partial charge in [0.1, 0.15) is 0 Å². The van der Waals surface area contributed by atoms with E-state index < -0.39 is 4.92 Å². The van der Waals surface area contributed by atoms with Crippen LogP contribution in [0.4, 0.5) is 5.69 Å². The van der Waals surface area contributed by atoms with Crippen LogP contribution < -0.4 is 5.73 Å². The van der Waals surface area contributed by atoms with Gasteiger partial charge in [-0.1, -0.05) is 0 Å². The molecular weight excluding hydrogens is 152 g/mol. The summed E-state index contributed by atoms with van der Waals surface area (Å²) in [5.41, 5.74) is 5.37. The van der Waals surface area contributed by atoms with Crippen molar-refractivity contribution in [3.63, 3.8) is 0 Å². The molecule has 0 saturated carbocycles. The van der Waals surface area contributed by atoms with E-state index in [2.05, 4.69) is 0 Å². The van der Waals surface area contributed by atoms with Gasteiger partial charge in [-0.15, -0.1) is 11.3 Å². The minimum Gasteiger partial charge on any atom is -0.326 e. The molecule has 0 aliphatic heterocycles. The SMILES string of the molecule is NCc1sccc1[N+](=O)[O-]. The lowest BCUT2D eigenvalue weighted by Gasteiger charge is -1.88. The van der Waals surface area contributed by atoms with Crippen LogP contribution in [0.15, 0.2) is 11.4 Å². The first-order valence-corrected chi connectivity index (χ1v) is 3.54. The second kappa shape index (κ2) is 2.76. The Morgan fingerprint density at radius 1 is 1.80 bits per heavy atom. The second-order valence-corrected chi connectivity index (χ2v) is 2.69. The van der Waals surface area contributed by atoms with Gasteiger partial charge in [-0.2, -0.15) is 0 Å². The first kappa shape index (κ1) is 7.17. The maximum Gasteiger partial charge on any atom is 0.284 e. The zero-order chi connectivity index (χ0) is 7.56. The lowest BCUT2D eigenvalue weighted by atomic mass is 10.4. The molecule has 0 saturated heterocycles. The van der Waals surface area contributed by atoms with E-state index in [1.807, 2.05) is 0 Å². The fourth-order valence-electron chi connectivity index (χ4n) is 0.649. The monoisotopic (exact) mass is 158 g/mol. The van der Waals surface area contributed by atoms with Gasteiger partial charge in [-0.05, 0) is 5.38 Å². The number of nitrogens with two attached hydrogens (primary N) is 1. The van der Waals surface area contributed by atoms with Gasteiger partial charge in [0.05, 0.1) is 9.80 Å². The summed E-state index contributed by atoms with van der Waals surface area (Å²) in [6.45, 7) is 0.244. The van der Waals surface area contributed by atoms with Crippen molar-refractivity contribution in [2.45, 2.75) is 6.54 Å². The highest BCUT2D eigenvalue weighted by Crippen LogP contribution is 2.23. The summed E-state index contributed by atoms with van der Waals surface area (Å²) in [6.07, 6.45) is 0. The molecule has 0 fully saturated rings. The third-order valence-electron chi connectivity index (χ3n) is 1.10. The quantitative estimate of drug-likeness (QED) is 0.517. The van der Waals surface area contributed by atoms with Crippen molar-refractivity contribution >= 4 is 17.0 Å². The summed E-state index contributed by atoms with van der Waals surface area (Å²) in [5, 5.41) is 11.9. The molecule has 1 aromatic heterocycles. The van der Waals surface area contributed by atoms with E-state index in [1.54, 1.807) is 5.38 Å². The molecule has 2 N–H and O–H groups in total. The van der Waals surface area contributed by atoms with E-state index in [0.29, 0.717) is 4.88 Å². The minimum absolute atomic E-state index is 0.132. The highest BCUT2D eigenvalue weighted by atomic mass is 32.1. The van der Waals surface area contributed by atoms with Crippen molar-refractivity contribution in [1.82, 2.24) is 0 Å². The average Bonchev–Trinajstić information content (AvgIpc) is 2.33. The lowest BCUT2D eigenvalue weighted by Crippen LogP contribution is -1.97. The minimum atomic E-state index is -0.418. The van der Waals surface area contributed by atoms with Crippen LogP contribution in [0.3, 0.4) is 0 Å². The molecule has 0 atom stereocenters. The van der Waals surface area contributed by atoms with Crippen LogP contribution in [0.5, 0.6) is 0 Å². The van der Waals surface area contributed by atoms with E-state index in [4.69, 9.17) is 5.73 Å². The average molecular weight is 158 g/mol. The Morgan fingerprint density at radius 2 is 2.50 bits per heavy atom. The molecule has 0 radical (unpaired) electrons. The predicted octanol–water partition coefficient (Wildman–Crippen LogP) is 1.11. The van der Waals surface area contributed by atoms with Crippen molar-refractivity contribution in [1.29, 1.82) is 0 Å². The van der Waals surface area contributed by atoms with Crippen molar-refractivity contribution in [2.75, 3.05) is 0 Å². The van der Waals surface area contributed by atoms with Gasteiger partial charge >= 0.3 is 0 Å². The third kappa shape index (κ3) is 1.14. The molecule has 1 heterocycles. The molecule has 0 aliphatic rings. The number of rotatable bonds is 2. The number of hydrogen-bond acceptors (Lipinski definition) is 4. The van der Waals surface area contributed by atoms with Crippen LogP contribution >= 0.6 is 11.3 Å². The topological polar surface area (TPSA) is 69.2 Å². The first-order valence-electron chi connectivity index (χ1n) is 2.66. The molecular formula is C5H6N2O2S. The van der Waals surface area contributed by atoms with Gasteiger partial charge in [0.2, 0.25) is 0 Å². The third-order valence-corrected chi connectivity index (χ3v) is 2.04. The maximum absolute atomic E-state index is 10.2. The largest absolute Gasteiger partial charge is 0.326 e. The normalized spacial score (nSPS) is 9.70. The molecule has 5 heteroatoms. The number of nitrogens with zero attached hydrogens (tertiary/aromatic N) is 1. The highest BCUT2D eigenvalue weighted by molar-refractivity contribution is 7.10. The first-order chi connectivity index (χ1) is 4.75. The summed E-state index contributed by atoms with van der Waals surface area (Å²) >= 11 is 1.31. The molecule has 0 spiro atoms. The van der Waals surface area contributed by atoms with Crippen LogP contribution in [0, 0.1) is 10.1 Å². The summed E-state index contributed by atoms with van der Waals surface area (Å²) < 4.78 is 0. The molecule has 0 aliphatic carbocycles. The van der Waals surface area contributed by atoms with Gasteiger partial charge in [0.25, 0.3) is 5.69 Å². The fraction of sp³-hybridized carbons (Fsp3) is 0.200. The second-order valence-electron chi connectivity index (χ2n) is 1.69. The molecule has 0 unspecified atom stereocenters. The Morgan fingerprint density at radius 3 is 2.90 bits per heavy atom. The van der Waals surface area contributed by atoms with E-state index in [1.165, 1.54) is 17.4 Å². The maximum atomic E-state index is 10.2. The van der Waals surface area contributed by atoms with Gasteiger partial charge in [-0.3, -0.25) is 10.1 Å². The molecule has 1 aromatic rings. The zero-order valence-electron chi connectivity index (χ0n) is 5.11. The van der Waals surface area contributed by atoms with E-state index in [9.17, 15) is 10.1 Å². The lowest BCUT2D eigenvalue weighted by molar-refractivity contribution is -0.385. The molecule has 0 bridgehead atoms. The standard InChI is InChI=1S/C5H6N2O2S/c6-3-5-4(7(8)9)1-2-10-5/h1-2H,3,6H2. The molecule has 0 amide bonds. The Kier molecular flexibility index (Phi) is 1.98. The van der Waals surface area contributed by atoms with Crippen molar-refractivity contribution < 1.29 is 4.92 Å². The predicted molar refractivity (Wildman–Crippen MR) is 38.9 cm³/mol. The molecule has 1 rings (SSSR count). The van der Waals surface area contributed by atoms with Crippen LogP contribution in [-0.2, 0) is 6.54 Å². The van der Waals surface area contributed by atoms with Gasteiger partial charge in [0.15, 0.2) is 0 Å². The fourth-order valence-corrected chi connectivity index (χ4v) is 1.37. The molecule has 10 heavy (non-hydrogen) atoms. The summed E-state index contributed by atoms with van der Waals surface area (Å²) in [5.74, 6) is 0. The molecule has 0 aromatic carbocycles. The van der Waals surface area contributed by atoms with Crippen LogP contribution in [0.1, 0.15) is 4.88 Å². The Hall–Kier alpha value is -0.940. The summed E-state index contributed by atoms with van der Waals surface area (Å²) in [7, 11) is 0. The number of hydrogen-bond donors (Lipinski definition) is 1. The van der Waals surface area contributed by atoms with Crippen molar-refractivity contribution in [3.8, 4) is 0 Å². The summed E-state index contributed by atoms with van der Waals surface area (Å²) in [4.78, 5) is 10.4. The summed E-state index contributed by atoms with van der Waals surface area (Å²) in [6, 6.07) is 1.47. The van der Waals surface area contributed by atoms with Crippen LogP contribution in [-0.4, -0.2) is 4.92 Å². The highest BCUT2D eigenvalue weighted by Gasteiger charge is 2.12. The zero-order valence-corrected chi connectivity index (χ0v) is 5.93. The Balaban J connectivity index is 3.01. The van der Waals surface area contributed by atoms with Gasteiger partial charge in [-0.25, -0.2) is 0 Å². The molecule has 4 nitrogen and oxygen atoms in total. The smallest absolute Gasteiger partial charge is 0.284 e. The van der Waals surface area contributed by atoms with Crippen molar-refractivity contribution in [3.05, 3.63) is 26.4 Å². The van der Waals surface area contributed by atoms with Gasteiger partial charge < -0.3 is 5.73 Å². The Labute approximate surface area is 61.4 Å². The van der Waals surface area contributed by atoms with Crippen LogP contribution in [0.2, 0.25) is 0 Å². The molecule has 54 valence electrons. The number of thiophene rings is 1. The van der Waals surface area contributed by atoms with Crippen molar-refractivity contribution in [2.24, 2.45) is 5.73 Å². The van der Waals surface area contributed by atoms with Gasteiger partial charge in [0, 0.05) is 12.6 Å². The Bertz CT molecular complexity index is 246.